The van der Waals surface area contributed by atoms with Crippen LogP contribution in [0.3, 0.4) is 0 Å². The van der Waals surface area contributed by atoms with Crippen molar-refractivity contribution in [3.8, 4) is 0 Å². The Morgan fingerprint density at radius 1 is 1.27 bits per heavy atom. The number of sulfonamides is 1. The van der Waals surface area contributed by atoms with Crippen molar-refractivity contribution in [2.24, 2.45) is 11.8 Å². The summed E-state index contributed by atoms with van der Waals surface area (Å²) in [5.41, 5.74) is 0.581. The van der Waals surface area contributed by atoms with Gasteiger partial charge in [-0.2, -0.15) is 0 Å². The molecule has 1 saturated heterocycles. The molecule has 0 bridgehead atoms. The Bertz CT molecular complexity index is 759. The molecule has 2 aliphatic rings. The summed E-state index contributed by atoms with van der Waals surface area (Å²) in [4.78, 5) is 15.4. The van der Waals surface area contributed by atoms with Gasteiger partial charge in [0.15, 0.2) is 0 Å². The number of benzene rings is 1. The van der Waals surface area contributed by atoms with Crippen LogP contribution in [-0.4, -0.2) is 51.2 Å². The molecule has 2 N–H and O–H groups in total. The fourth-order valence-electron chi connectivity index (χ4n) is 3.15. The number of anilines is 1. The van der Waals surface area contributed by atoms with Crippen LogP contribution in [0, 0.1) is 11.8 Å². The molecule has 1 aromatic carbocycles. The molecule has 1 atom stereocenters. The number of nitrogens with one attached hydrogen (secondary N) is 2. The van der Waals surface area contributed by atoms with Crippen molar-refractivity contribution in [3.05, 3.63) is 18.2 Å². The monoisotopic (exact) mass is 397 g/mol. The molecule has 1 unspecified atom stereocenters. The van der Waals surface area contributed by atoms with Gasteiger partial charge in [0.05, 0.1) is 10.6 Å². The van der Waals surface area contributed by atoms with Gasteiger partial charge < -0.3 is 10.2 Å². The van der Waals surface area contributed by atoms with Gasteiger partial charge in [-0.3, -0.25) is 4.79 Å². The van der Waals surface area contributed by atoms with Gasteiger partial charge in [-0.15, -0.1) is 11.8 Å². The summed E-state index contributed by atoms with van der Waals surface area (Å²) in [7, 11) is -3.59. The van der Waals surface area contributed by atoms with E-state index in [1.807, 2.05) is 6.92 Å². The van der Waals surface area contributed by atoms with Gasteiger partial charge in [-0.1, -0.05) is 13.8 Å². The fraction of sp³-hybridized carbons (Fsp3) is 0.611. The van der Waals surface area contributed by atoms with E-state index in [2.05, 4.69) is 21.9 Å². The van der Waals surface area contributed by atoms with Crippen LogP contribution in [0.4, 0.5) is 5.69 Å². The predicted molar refractivity (Wildman–Crippen MR) is 105 cm³/mol. The first-order valence-electron chi connectivity index (χ1n) is 9.15. The van der Waals surface area contributed by atoms with Gasteiger partial charge in [-0.05, 0) is 50.0 Å². The van der Waals surface area contributed by atoms with Crippen molar-refractivity contribution < 1.29 is 13.2 Å². The first-order chi connectivity index (χ1) is 12.3. The van der Waals surface area contributed by atoms with E-state index in [-0.39, 0.29) is 16.7 Å². The third-order valence-corrected chi connectivity index (χ3v) is 7.84. The molecule has 3 rings (SSSR count). The number of hydrogen-bond donors (Lipinski definition) is 2. The summed E-state index contributed by atoms with van der Waals surface area (Å²) in [5, 5.41) is 2.84. The lowest BCUT2D eigenvalue weighted by Crippen LogP contribution is -2.39. The maximum absolute atomic E-state index is 12.6. The molecule has 1 fully saturated rings. The summed E-state index contributed by atoms with van der Waals surface area (Å²) >= 11 is 1.57. The summed E-state index contributed by atoms with van der Waals surface area (Å²) < 4.78 is 27.9. The number of rotatable bonds is 5. The number of likely N-dealkylation sites (tertiary alicyclic amines) is 1. The second-order valence-corrected chi connectivity index (χ2v) is 10.1. The average molecular weight is 398 g/mol. The number of piperidine rings is 1. The van der Waals surface area contributed by atoms with Crippen molar-refractivity contribution >= 4 is 33.4 Å². The topological polar surface area (TPSA) is 78.5 Å². The van der Waals surface area contributed by atoms with Crippen LogP contribution < -0.4 is 10.0 Å². The zero-order chi connectivity index (χ0) is 18.7. The van der Waals surface area contributed by atoms with Gasteiger partial charge in [0.25, 0.3) is 0 Å². The number of carbonyl (C=O) groups excluding carboxylic acids is 1. The van der Waals surface area contributed by atoms with Crippen LogP contribution in [0.15, 0.2) is 28.0 Å². The van der Waals surface area contributed by atoms with E-state index in [4.69, 9.17) is 0 Å². The fourth-order valence-corrected chi connectivity index (χ4v) is 5.21. The van der Waals surface area contributed by atoms with Crippen LogP contribution in [0.1, 0.15) is 26.7 Å². The highest BCUT2D eigenvalue weighted by Gasteiger charge is 2.23. The van der Waals surface area contributed by atoms with Crippen molar-refractivity contribution in [2.75, 3.05) is 37.2 Å². The minimum absolute atomic E-state index is 0.0712. The van der Waals surface area contributed by atoms with E-state index in [1.54, 1.807) is 30.0 Å². The van der Waals surface area contributed by atoms with Crippen LogP contribution in [0.25, 0.3) is 0 Å². The normalized spacial score (nSPS) is 22.5. The number of fused-ring (bicyclic) bond motifs is 1. The second-order valence-electron chi connectivity index (χ2n) is 7.28. The molecule has 1 aromatic rings. The van der Waals surface area contributed by atoms with Crippen molar-refractivity contribution in [1.29, 1.82) is 0 Å². The quantitative estimate of drug-likeness (QED) is 0.798. The SMILES string of the molecule is CC1CCN(CCNS(=O)(=O)c2ccc3c(c2)NC(=O)C(C)CS3)CC1. The lowest BCUT2D eigenvalue weighted by Gasteiger charge is -2.30. The number of hydrogen-bond acceptors (Lipinski definition) is 5. The number of nitrogens with zero attached hydrogens (tertiary/aromatic N) is 1. The van der Waals surface area contributed by atoms with Gasteiger partial charge >= 0.3 is 0 Å². The standard InChI is InChI=1S/C18H27N3O3S2/c1-13-5-8-21(9-6-13)10-7-19-26(23,24)15-3-4-17-16(11-15)20-18(22)14(2)12-25-17/h3-4,11,13-14,19H,5-10,12H2,1-2H3,(H,20,22). The first kappa shape index (κ1) is 19.7. The zero-order valence-corrected chi connectivity index (χ0v) is 17.0. The van der Waals surface area contributed by atoms with Crippen LogP contribution in [0.5, 0.6) is 0 Å². The predicted octanol–water partition coefficient (Wildman–Crippen LogP) is 2.38. The molecule has 8 heteroatoms. The Balaban J connectivity index is 1.62. The highest BCUT2D eigenvalue weighted by molar-refractivity contribution is 7.99. The minimum atomic E-state index is -3.59. The third kappa shape index (κ3) is 4.79. The molecule has 2 heterocycles. The van der Waals surface area contributed by atoms with E-state index in [0.717, 1.165) is 30.4 Å². The van der Waals surface area contributed by atoms with Gasteiger partial charge in [0.2, 0.25) is 15.9 Å². The molecule has 6 nitrogen and oxygen atoms in total. The molecule has 0 radical (unpaired) electrons. The second kappa shape index (κ2) is 8.29. The highest BCUT2D eigenvalue weighted by atomic mass is 32.2. The molecule has 144 valence electrons. The lowest BCUT2D eigenvalue weighted by atomic mass is 9.99. The minimum Gasteiger partial charge on any atom is -0.325 e. The average Bonchev–Trinajstić information content (AvgIpc) is 2.75. The van der Waals surface area contributed by atoms with Crippen LogP contribution in [-0.2, 0) is 14.8 Å². The maximum atomic E-state index is 12.6. The van der Waals surface area contributed by atoms with Gasteiger partial charge in [-0.25, -0.2) is 13.1 Å². The van der Waals surface area contributed by atoms with Gasteiger partial charge in [0.1, 0.15) is 0 Å². The van der Waals surface area contributed by atoms with E-state index in [0.29, 0.717) is 18.0 Å². The molecule has 0 aromatic heterocycles. The van der Waals surface area contributed by atoms with Crippen LogP contribution in [0.2, 0.25) is 0 Å². The smallest absolute Gasteiger partial charge is 0.240 e. The molecule has 0 saturated carbocycles. The Kier molecular flexibility index (Phi) is 6.27. The Morgan fingerprint density at radius 2 is 2.00 bits per heavy atom. The van der Waals surface area contributed by atoms with E-state index in [1.165, 1.54) is 12.8 Å². The zero-order valence-electron chi connectivity index (χ0n) is 15.3. The maximum Gasteiger partial charge on any atom is 0.240 e. The summed E-state index contributed by atoms with van der Waals surface area (Å²) in [6.45, 7) is 7.31. The number of amides is 1. The Hall–Kier alpha value is -1.09. The largest absolute Gasteiger partial charge is 0.325 e. The molecule has 1 amide bonds. The molecule has 2 aliphatic heterocycles. The number of thioether (sulfide) groups is 1. The summed E-state index contributed by atoms with van der Waals surface area (Å²) in [6.07, 6.45) is 2.35. The Labute approximate surface area is 160 Å². The molecule has 0 spiro atoms. The van der Waals surface area contributed by atoms with Gasteiger partial charge in [0, 0.05) is 29.7 Å². The number of carbonyl (C=O) groups is 1. The van der Waals surface area contributed by atoms with Crippen molar-refractivity contribution in [2.45, 2.75) is 36.5 Å². The third-order valence-electron chi connectivity index (χ3n) is 5.05. The summed E-state index contributed by atoms with van der Waals surface area (Å²) in [6, 6.07) is 4.95. The van der Waals surface area contributed by atoms with Crippen molar-refractivity contribution in [1.82, 2.24) is 9.62 Å². The molecule has 26 heavy (non-hydrogen) atoms. The summed E-state index contributed by atoms with van der Waals surface area (Å²) in [5.74, 6) is 1.28. The van der Waals surface area contributed by atoms with E-state index in [9.17, 15) is 13.2 Å². The highest BCUT2D eigenvalue weighted by Crippen LogP contribution is 2.34. The first-order valence-corrected chi connectivity index (χ1v) is 11.6. The molecular formula is C18H27N3O3S2. The van der Waals surface area contributed by atoms with Crippen LogP contribution >= 0.6 is 11.8 Å². The van der Waals surface area contributed by atoms with E-state index < -0.39 is 10.0 Å². The molecule has 0 aliphatic carbocycles. The van der Waals surface area contributed by atoms with E-state index >= 15 is 0 Å². The lowest BCUT2D eigenvalue weighted by molar-refractivity contribution is -0.118. The molecular weight excluding hydrogens is 370 g/mol. The Morgan fingerprint density at radius 3 is 2.73 bits per heavy atom. The van der Waals surface area contributed by atoms with Crippen molar-refractivity contribution in [3.63, 3.8) is 0 Å².